The van der Waals surface area contributed by atoms with E-state index < -0.39 is 6.10 Å². The second-order valence-corrected chi connectivity index (χ2v) is 7.56. The molecular weight excluding hydrogens is 392 g/mol. The van der Waals surface area contributed by atoms with Gasteiger partial charge in [-0.25, -0.2) is 9.97 Å². The summed E-state index contributed by atoms with van der Waals surface area (Å²) in [6, 6.07) is 10.9. The van der Waals surface area contributed by atoms with Gasteiger partial charge >= 0.3 is 0 Å². The second kappa shape index (κ2) is 8.49. The van der Waals surface area contributed by atoms with Crippen LogP contribution in [0, 0.1) is 0 Å². The zero-order valence-corrected chi connectivity index (χ0v) is 16.9. The number of ether oxygens (including phenoxy) is 1. The van der Waals surface area contributed by atoms with Crippen molar-refractivity contribution in [2.75, 3.05) is 20.2 Å². The van der Waals surface area contributed by atoms with Crippen molar-refractivity contribution >= 4 is 28.7 Å². The summed E-state index contributed by atoms with van der Waals surface area (Å²) in [6.45, 7) is 1.49. The molecular formula is C21H23ClN4O3. The molecule has 29 heavy (non-hydrogen) atoms. The zero-order chi connectivity index (χ0) is 20.4. The molecule has 1 aromatic carbocycles. The molecule has 3 heterocycles. The highest BCUT2D eigenvalue weighted by atomic mass is 35.5. The van der Waals surface area contributed by atoms with E-state index in [4.69, 9.17) is 16.3 Å². The number of hydrogen-bond acceptors (Lipinski definition) is 5. The number of rotatable bonds is 5. The Hall–Kier alpha value is -2.48. The van der Waals surface area contributed by atoms with Crippen molar-refractivity contribution in [3.63, 3.8) is 0 Å². The van der Waals surface area contributed by atoms with E-state index in [0.717, 1.165) is 29.8 Å². The summed E-state index contributed by atoms with van der Waals surface area (Å²) in [5.74, 6) is 0.518. The Bertz CT molecular complexity index is 1010. The Balaban J connectivity index is 1.50. The number of carbonyl (C=O) groups excluding carboxylic acids is 1. The fraction of sp³-hybridized carbons (Fsp3) is 0.381. The van der Waals surface area contributed by atoms with E-state index in [0.29, 0.717) is 30.3 Å². The minimum Gasteiger partial charge on any atom is -0.378 e. The van der Waals surface area contributed by atoms with Gasteiger partial charge in [0.25, 0.3) is 5.91 Å². The molecule has 0 unspecified atom stereocenters. The summed E-state index contributed by atoms with van der Waals surface area (Å²) in [4.78, 5) is 23.6. The molecule has 1 atom stereocenters. The number of likely N-dealkylation sites (tertiary alicyclic amines) is 1. The van der Waals surface area contributed by atoms with Gasteiger partial charge in [-0.1, -0.05) is 29.8 Å². The number of halogens is 1. The molecule has 7 nitrogen and oxygen atoms in total. The van der Waals surface area contributed by atoms with Crippen LogP contribution < -0.4 is 0 Å². The fourth-order valence-electron chi connectivity index (χ4n) is 3.94. The van der Waals surface area contributed by atoms with Crippen molar-refractivity contribution in [2.45, 2.75) is 31.6 Å². The molecule has 2 aromatic heterocycles. The first-order chi connectivity index (χ1) is 14.1. The summed E-state index contributed by atoms with van der Waals surface area (Å²) in [6.07, 6.45) is 2.01. The molecule has 1 saturated heterocycles. The van der Waals surface area contributed by atoms with Crippen LogP contribution in [0.25, 0.3) is 11.2 Å². The van der Waals surface area contributed by atoms with Crippen molar-refractivity contribution in [2.24, 2.45) is 0 Å². The number of aromatic nitrogens is 3. The van der Waals surface area contributed by atoms with Gasteiger partial charge in [0.2, 0.25) is 0 Å². The smallest absolute Gasteiger partial charge is 0.256 e. The van der Waals surface area contributed by atoms with E-state index in [1.54, 1.807) is 42.5 Å². The van der Waals surface area contributed by atoms with Gasteiger partial charge in [-0.15, -0.1) is 0 Å². The third kappa shape index (κ3) is 3.85. The molecule has 1 N–H and O–H groups in total. The topological polar surface area (TPSA) is 80.5 Å². The summed E-state index contributed by atoms with van der Waals surface area (Å²) >= 11 is 6.14. The highest BCUT2D eigenvalue weighted by molar-refractivity contribution is 6.31. The number of benzene rings is 1. The quantitative estimate of drug-likeness (QED) is 0.693. The Morgan fingerprint density at radius 2 is 2.03 bits per heavy atom. The van der Waals surface area contributed by atoms with E-state index in [1.807, 2.05) is 12.1 Å². The van der Waals surface area contributed by atoms with Crippen LogP contribution in [0.5, 0.6) is 0 Å². The molecule has 0 saturated carbocycles. The van der Waals surface area contributed by atoms with Crippen LogP contribution in [0.3, 0.4) is 0 Å². The highest BCUT2D eigenvalue weighted by Gasteiger charge is 2.31. The lowest BCUT2D eigenvalue weighted by atomic mass is 10.0. The number of carbonyl (C=O) groups is 1. The van der Waals surface area contributed by atoms with Crippen LogP contribution in [0.2, 0.25) is 5.02 Å². The molecule has 4 rings (SSSR count). The maximum Gasteiger partial charge on any atom is 0.256 e. The number of nitrogens with zero attached hydrogens (tertiary/aromatic N) is 4. The van der Waals surface area contributed by atoms with E-state index in [-0.39, 0.29) is 11.9 Å². The predicted molar refractivity (Wildman–Crippen MR) is 110 cm³/mol. The van der Waals surface area contributed by atoms with Gasteiger partial charge in [0.1, 0.15) is 17.9 Å². The van der Waals surface area contributed by atoms with Gasteiger partial charge in [0, 0.05) is 43.0 Å². The Kier molecular flexibility index (Phi) is 5.80. The minimum absolute atomic E-state index is 0.168. The van der Waals surface area contributed by atoms with Crippen molar-refractivity contribution in [3.05, 3.63) is 59.0 Å². The standard InChI is InChI=1S/C21H23ClN4O3/c1-29-13-18-24-17-7-4-10-23-20(17)26(18)14-8-11-25(12-9-14)21(28)19(27)15-5-2-3-6-16(15)22/h2-7,10,14,19,27H,8-9,11-13H2,1H3/t19-/m1/s1. The molecule has 1 aliphatic rings. The third-order valence-electron chi connectivity index (χ3n) is 5.37. The van der Waals surface area contributed by atoms with Crippen molar-refractivity contribution in [1.29, 1.82) is 0 Å². The van der Waals surface area contributed by atoms with Gasteiger partial charge in [-0.05, 0) is 31.0 Å². The first kappa shape index (κ1) is 19.8. The summed E-state index contributed by atoms with van der Waals surface area (Å²) in [5.41, 5.74) is 2.11. The first-order valence-electron chi connectivity index (χ1n) is 9.62. The maximum absolute atomic E-state index is 12.8. The van der Waals surface area contributed by atoms with E-state index in [2.05, 4.69) is 14.5 Å². The van der Waals surface area contributed by atoms with Crippen LogP contribution in [0.4, 0.5) is 0 Å². The summed E-state index contributed by atoms with van der Waals surface area (Å²) < 4.78 is 7.45. The number of hydrogen-bond donors (Lipinski definition) is 1. The van der Waals surface area contributed by atoms with Gasteiger partial charge < -0.3 is 19.3 Å². The number of aliphatic hydroxyl groups excluding tert-OH is 1. The summed E-state index contributed by atoms with van der Waals surface area (Å²) in [7, 11) is 1.65. The molecule has 0 radical (unpaired) electrons. The van der Waals surface area contributed by atoms with Crippen LogP contribution in [0.15, 0.2) is 42.6 Å². The van der Waals surface area contributed by atoms with Crippen molar-refractivity contribution in [3.8, 4) is 0 Å². The zero-order valence-electron chi connectivity index (χ0n) is 16.2. The van der Waals surface area contributed by atoms with Crippen LogP contribution in [-0.2, 0) is 16.1 Å². The number of piperidine rings is 1. The van der Waals surface area contributed by atoms with Crippen molar-refractivity contribution < 1.29 is 14.6 Å². The number of aliphatic hydroxyl groups is 1. The fourth-order valence-corrected chi connectivity index (χ4v) is 4.18. The van der Waals surface area contributed by atoms with Crippen LogP contribution in [0.1, 0.15) is 36.4 Å². The molecule has 1 aliphatic heterocycles. The van der Waals surface area contributed by atoms with Gasteiger partial charge in [-0.3, -0.25) is 4.79 Å². The lowest BCUT2D eigenvalue weighted by Gasteiger charge is -2.34. The molecule has 3 aromatic rings. The maximum atomic E-state index is 12.8. The Labute approximate surface area is 173 Å². The first-order valence-corrected chi connectivity index (χ1v) is 10.00. The predicted octanol–water partition coefficient (Wildman–Crippen LogP) is 3.13. The normalized spacial score (nSPS) is 16.3. The number of pyridine rings is 1. The lowest BCUT2D eigenvalue weighted by molar-refractivity contribution is -0.141. The molecule has 8 heteroatoms. The van der Waals surface area contributed by atoms with Gasteiger partial charge in [0.05, 0.1) is 0 Å². The van der Waals surface area contributed by atoms with E-state index in [9.17, 15) is 9.90 Å². The Morgan fingerprint density at radius 1 is 1.28 bits per heavy atom. The average Bonchev–Trinajstić information content (AvgIpc) is 3.11. The largest absolute Gasteiger partial charge is 0.378 e. The monoisotopic (exact) mass is 414 g/mol. The van der Waals surface area contributed by atoms with Crippen LogP contribution in [-0.4, -0.2) is 50.6 Å². The third-order valence-corrected chi connectivity index (χ3v) is 5.71. The van der Waals surface area contributed by atoms with E-state index >= 15 is 0 Å². The SMILES string of the molecule is COCc1nc2cccnc2n1C1CCN(C(=O)[C@H](O)c2ccccc2Cl)CC1. The second-order valence-electron chi connectivity index (χ2n) is 7.16. The molecule has 1 fully saturated rings. The van der Waals surface area contributed by atoms with Gasteiger partial charge in [-0.2, -0.15) is 0 Å². The highest BCUT2D eigenvalue weighted by Crippen LogP contribution is 2.30. The number of fused-ring (bicyclic) bond motifs is 1. The Morgan fingerprint density at radius 3 is 2.76 bits per heavy atom. The van der Waals surface area contributed by atoms with Crippen LogP contribution >= 0.6 is 11.6 Å². The summed E-state index contributed by atoms with van der Waals surface area (Å²) in [5, 5.41) is 10.9. The number of imidazole rings is 1. The molecule has 0 aliphatic carbocycles. The lowest BCUT2D eigenvalue weighted by Crippen LogP contribution is -2.41. The molecule has 0 spiro atoms. The van der Waals surface area contributed by atoms with Gasteiger partial charge in [0.15, 0.2) is 11.8 Å². The molecule has 0 bridgehead atoms. The average molecular weight is 415 g/mol. The van der Waals surface area contributed by atoms with E-state index in [1.165, 1.54) is 0 Å². The van der Waals surface area contributed by atoms with Crippen molar-refractivity contribution in [1.82, 2.24) is 19.4 Å². The molecule has 1 amide bonds. The minimum atomic E-state index is -1.25. The number of methoxy groups -OCH3 is 1. The number of amides is 1. The molecule has 152 valence electrons.